The van der Waals surface area contributed by atoms with Crippen molar-refractivity contribution in [2.75, 3.05) is 16.8 Å². The number of hydrogen-bond donors (Lipinski definition) is 3. The van der Waals surface area contributed by atoms with Crippen molar-refractivity contribution in [3.8, 4) is 0 Å². The zero-order chi connectivity index (χ0) is 17.7. The van der Waals surface area contributed by atoms with Gasteiger partial charge in [0.2, 0.25) is 5.91 Å². The van der Waals surface area contributed by atoms with E-state index < -0.39 is 28.0 Å². The first kappa shape index (κ1) is 18.2. The minimum atomic E-state index is -3.07. The van der Waals surface area contributed by atoms with Gasteiger partial charge in [-0.15, -0.1) is 0 Å². The molecule has 0 aliphatic carbocycles. The van der Waals surface area contributed by atoms with Crippen LogP contribution in [0.2, 0.25) is 0 Å². The quantitative estimate of drug-likeness (QED) is 0.713. The largest absolute Gasteiger partial charge is 0.334 e. The van der Waals surface area contributed by atoms with E-state index in [-0.39, 0.29) is 23.3 Å². The highest BCUT2D eigenvalue weighted by atomic mass is 32.2. The predicted molar refractivity (Wildman–Crippen MR) is 90.2 cm³/mol. The van der Waals surface area contributed by atoms with Gasteiger partial charge in [0.25, 0.3) is 0 Å². The smallest absolute Gasteiger partial charge is 0.315 e. The number of carbonyl (C=O) groups is 2. The molecule has 0 bridgehead atoms. The second-order valence-corrected chi connectivity index (χ2v) is 8.40. The maximum atomic E-state index is 12.4. The van der Waals surface area contributed by atoms with Crippen LogP contribution in [0.4, 0.5) is 10.5 Å². The molecule has 1 saturated heterocycles. The Morgan fingerprint density at radius 3 is 2.62 bits per heavy atom. The van der Waals surface area contributed by atoms with E-state index >= 15 is 0 Å². The number of sulfone groups is 1. The Morgan fingerprint density at radius 1 is 1.33 bits per heavy atom. The Bertz CT molecular complexity index is 691. The lowest BCUT2D eigenvalue weighted by molar-refractivity contribution is -0.118. The molecule has 1 aromatic heterocycles. The Hall–Kier alpha value is -2.16. The SMILES string of the molecule is CC(C)[C@H](NC(=O)N[C@@H]1CCS(=O)(=O)C1)C(=O)Nc1cccnc1. The van der Waals surface area contributed by atoms with Crippen LogP contribution in [0, 0.1) is 5.92 Å². The molecule has 0 radical (unpaired) electrons. The summed E-state index contributed by atoms with van der Waals surface area (Å²) >= 11 is 0. The minimum Gasteiger partial charge on any atom is -0.334 e. The van der Waals surface area contributed by atoms with Gasteiger partial charge < -0.3 is 16.0 Å². The molecule has 0 aromatic carbocycles. The molecule has 1 aliphatic heterocycles. The Balaban J connectivity index is 1.93. The monoisotopic (exact) mass is 354 g/mol. The molecule has 2 atom stereocenters. The third-order valence-corrected chi connectivity index (χ3v) is 5.50. The predicted octanol–water partition coefficient (Wildman–Crippen LogP) is 0.531. The fourth-order valence-corrected chi connectivity index (χ4v) is 4.14. The molecular formula is C15H22N4O4S. The number of anilines is 1. The van der Waals surface area contributed by atoms with Gasteiger partial charge in [-0.3, -0.25) is 9.78 Å². The van der Waals surface area contributed by atoms with Gasteiger partial charge in [-0.2, -0.15) is 0 Å². The maximum absolute atomic E-state index is 12.4. The second-order valence-electron chi connectivity index (χ2n) is 6.17. The van der Waals surface area contributed by atoms with Crippen molar-refractivity contribution < 1.29 is 18.0 Å². The van der Waals surface area contributed by atoms with Gasteiger partial charge in [0.05, 0.1) is 23.4 Å². The molecule has 132 valence electrons. The van der Waals surface area contributed by atoms with E-state index in [2.05, 4.69) is 20.9 Å². The molecule has 3 N–H and O–H groups in total. The molecule has 3 amide bonds. The number of amides is 3. The lowest BCUT2D eigenvalue weighted by Crippen LogP contribution is -2.52. The normalized spacial score (nSPS) is 20.4. The first-order valence-corrected chi connectivity index (χ1v) is 9.57. The Labute approximate surface area is 141 Å². The summed E-state index contributed by atoms with van der Waals surface area (Å²) in [5.74, 6) is -0.478. The molecule has 0 unspecified atom stereocenters. The lowest BCUT2D eigenvalue weighted by atomic mass is 10.0. The van der Waals surface area contributed by atoms with Gasteiger partial charge in [0, 0.05) is 12.2 Å². The molecule has 0 saturated carbocycles. The van der Waals surface area contributed by atoms with Crippen molar-refractivity contribution >= 4 is 27.5 Å². The van der Waals surface area contributed by atoms with Gasteiger partial charge in [0.1, 0.15) is 6.04 Å². The average Bonchev–Trinajstić information content (AvgIpc) is 2.84. The third-order valence-electron chi connectivity index (χ3n) is 3.73. The highest BCUT2D eigenvalue weighted by Crippen LogP contribution is 2.12. The molecule has 9 heteroatoms. The highest BCUT2D eigenvalue weighted by molar-refractivity contribution is 7.91. The van der Waals surface area contributed by atoms with E-state index in [9.17, 15) is 18.0 Å². The number of nitrogens with one attached hydrogen (secondary N) is 3. The molecule has 24 heavy (non-hydrogen) atoms. The van der Waals surface area contributed by atoms with Crippen molar-refractivity contribution in [3.05, 3.63) is 24.5 Å². The van der Waals surface area contributed by atoms with E-state index in [4.69, 9.17) is 0 Å². The van der Waals surface area contributed by atoms with E-state index in [1.165, 1.54) is 6.20 Å². The summed E-state index contributed by atoms with van der Waals surface area (Å²) in [5, 5.41) is 7.93. The van der Waals surface area contributed by atoms with Crippen LogP contribution in [0.15, 0.2) is 24.5 Å². The van der Waals surface area contributed by atoms with E-state index in [0.717, 1.165) is 0 Å². The number of rotatable bonds is 5. The number of aromatic nitrogens is 1. The first-order chi connectivity index (χ1) is 11.3. The van der Waals surface area contributed by atoms with E-state index in [1.54, 1.807) is 18.3 Å². The topological polar surface area (TPSA) is 117 Å². The number of pyridine rings is 1. The molecule has 1 fully saturated rings. The summed E-state index contributed by atoms with van der Waals surface area (Å²) in [4.78, 5) is 28.3. The van der Waals surface area contributed by atoms with Crippen molar-refractivity contribution in [3.63, 3.8) is 0 Å². The van der Waals surface area contributed by atoms with Crippen LogP contribution in [-0.4, -0.2) is 48.9 Å². The van der Waals surface area contributed by atoms with Gasteiger partial charge in [-0.1, -0.05) is 13.8 Å². The zero-order valence-corrected chi connectivity index (χ0v) is 14.5. The summed E-state index contributed by atoms with van der Waals surface area (Å²) in [6.07, 6.45) is 3.50. The maximum Gasteiger partial charge on any atom is 0.315 e. The van der Waals surface area contributed by atoms with Gasteiger partial charge in [-0.05, 0) is 24.5 Å². The summed E-state index contributed by atoms with van der Waals surface area (Å²) in [5.41, 5.74) is 0.539. The minimum absolute atomic E-state index is 0.0609. The number of nitrogens with zero attached hydrogens (tertiary/aromatic N) is 1. The zero-order valence-electron chi connectivity index (χ0n) is 13.7. The van der Waals surface area contributed by atoms with Crippen LogP contribution in [0.3, 0.4) is 0 Å². The van der Waals surface area contributed by atoms with Crippen LogP contribution < -0.4 is 16.0 Å². The second kappa shape index (κ2) is 7.61. The van der Waals surface area contributed by atoms with E-state index in [1.807, 2.05) is 13.8 Å². The molecule has 8 nitrogen and oxygen atoms in total. The number of carbonyl (C=O) groups excluding carboxylic acids is 2. The standard InChI is InChI=1S/C15H22N4O4S/c1-10(2)13(14(20)17-11-4-3-6-16-8-11)19-15(21)18-12-5-7-24(22,23)9-12/h3-4,6,8,10,12-13H,5,7,9H2,1-2H3,(H,17,20)(H2,18,19,21)/t12-,13+/m1/s1. The Kier molecular flexibility index (Phi) is 5.76. The van der Waals surface area contributed by atoms with Crippen LogP contribution in [0.25, 0.3) is 0 Å². The summed E-state index contributed by atoms with van der Waals surface area (Å²) < 4.78 is 22.8. The molecule has 1 aromatic rings. The van der Waals surface area contributed by atoms with Crippen molar-refractivity contribution in [2.45, 2.75) is 32.4 Å². The van der Waals surface area contributed by atoms with Crippen LogP contribution >= 0.6 is 0 Å². The molecular weight excluding hydrogens is 332 g/mol. The van der Waals surface area contributed by atoms with Crippen LogP contribution in [-0.2, 0) is 14.6 Å². The molecule has 2 heterocycles. The lowest BCUT2D eigenvalue weighted by Gasteiger charge is -2.23. The van der Waals surface area contributed by atoms with E-state index in [0.29, 0.717) is 12.1 Å². The Morgan fingerprint density at radius 2 is 2.08 bits per heavy atom. The fourth-order valence-electron chi connectivity index (χ4n) is 2.47. The summed E-state index contributed by atoms with van der Waals surface area (Å²) in [6.45, 7) is 3.63. The summed E-state index contributed by atoms with van der Waals surface area (Å²) in [7, 11) is -3.07. The molecule has 0 spiro atoms. The van der Waals surface area contributed by atoms with Crippen molar-refractivity contribution in [1.29, 1.82) is 0 Å². The highest BCUT2D eigenvalue weighted by Gasteiger charge is 2.30. The van der Waals surface area contributed by atoms with Crippen LogP contribution in [0.5, 0.6) is 0 Å². The van der Waals surface area contributed by atoms with Gasteiger partial charge in [-0.25, -0.2) is 13.2 Å². The van der Waals surface area contributed by atoms with Gasteiger partial charge >= 0.3 is 6.03 Å². The average molecular weight is 354 g/mol. The fraction of sp³-hybridized carbons (Fsp3) is 0.533. The molecule has 2 rings (SSSR count). The number of hydrogen-bond acceptors (Lipinski definition) is 5. The first-order valence-electron chi connectivity index (χ1n) is 7.75. The number of urea groups is 1. The van der Waals surface area contributed by atoms with Gasteiger partial charge in [0.15, 0.2) is 9.84 Å². The van der Waals surface area contributed by atoms with Crippen molar-refractivity contribution in [2.24, 2.45) is 5.92 Å². The molecule has 1 aliphatic rings. The van der Waals surface area contributed by atoms with Crippen molar-refractivity contribution in [1.82, 2.24) is 15.6 Å². The summed E-state index contributed by atoms with van der Waals surface area (Å²) in [6, 6.07) is 1.69. The third kappa shape index (κ3) is 5.19. The van der Waals surface area contributed by atoms with Crippen LogP contribution in [0.1, 0.15) is 20.3 Å².